The number of carbonyl (C=O) groups is 2. The molecule has 0 bridgehead atoms. The highest BCUT2D eigenvalue weighted by Crippen LogP contribution is 2.40. The number of hydrogen-bond donors (Lipinski definition) is 1. The predicted molar refractivity (Wildman–Crippen MR) is 114 cm³/mol. The molecule has 1 aromatic heterocycles. The van der Waals surface area contributed by atoms with Crippen LogP contribution in [-0.4, -0.2) is 23.8 Å². The minimum absolute atomic E-state index is 0.0400. The molecule has 144 valence electrons. The van der Waals surface area contributed by atoms with E-state index in [0.29, 0.717) is 0 Å². The molecule has 0 amide bonds. The van der Waals surface area contributed by atoms with Gasteiger partial charge in [-0.2, -0.15) is 0 Å². The Bertz CT molecular complexity index is 1150. The minimum Gasteiger partial charge on any atom is -0.463 e. The number of esters is 1. The number of H-pyrrole nitrogens is 1. The molecule has 0 spiro atoms. The van der Waals surface area contributed by atoms with Gasteiger partial charge in [0.15, 0.2) is 0 Å². The van der Waals surface area contributed by atoms with Crippen LogP contribution in [0.25, 0.3) is 22.2 Å². The van der Waals surface area contributed by atoms with E-state index in [4.69, 9.17) is 0 Å². The second kappa shape index (κ2) is 8.15. The van der Waals surface area contributed by atoms with E-state index in [1.54, 1.807) is 0 Å². The number of para-hydroxylation sites is 1. The normalized spacial score (nSPS) is 11.9. The molecule has 0 aliphatic heterocycles. The van der Waals surface area contributed by atoms with Crippen LogP contribution in [0.2, 0.25) is 0 Å². The van der Waals surface area contributed by atoms with Crippen molar-refractivity contribution < 1.29 is 14.3 Å². The van der Waals surface area contributed by atoms with E-state index in [1.165, 1.54) is 7.11 Å². The maximum Gasteiger partial charge on any atom is 0.374 e. The Morgan fingerprint density at radius 3 is 2.17 bits per heavy atom. The molecule has 0 aliphatic carbocycles. The van der Waals surface area contributed by atoms with Crippen LogP contribution < -0.4 is 0 Å². The molecule has 4 rings (SSSR count). The molecule has 1 heterocycles. The van der Waals surface area contributed by atoms with E-state index in [-0.39, 0.29) is 12.3 Å². The minimum atomic E-state index is -0.813. The van der Waals surface area contributed by atoms with Crippen molar-refractivity contribution in [1.29, 1.82) is 0 Å². The van der Waals surface area contributed by atoms with Crippen molar-refractivity contribution in [2.45, 2.75) is 12.3 Å². The molecule has 1 N–H and O–H groups in total. The van der Waals surface area contributed by atoms with Crippen LogP contribution in [-0.2, 0) is 14.3 Å². The van der Waals surface area contributed by atoms with E-state index < -0.39 is 11.8 Å². The number of aromatic nitrogens is 1. The molecule has 1 unspecified atom stereocenters. The van der Waals surface area contributed by atoms with Gasteiger partial charge in [0.05, 0.1) is 12.8 Å². The molecule has 0 saturated heterocycles. The zero-order valence-electron chi connectivity index (χ0n) is 16.1. The zero-order valence-corrected chi connectivity index (χ0v) is 16.1. The fraction of sp³-hybridized carbons (Fsp3) is 0.120. The van der Waals surface area contributed by atoms with E-state index >= 15 is 0 Å². The Kier molecular flexibility index (Phi) is 5.25. The lowest BCUT2D eigenvalue weighted by Crippen LogP contribution is -2.19. The Morgan fingerprint density at radius 2 is 1.48 bits per heavy atom. The quantitative estimate of drug-likeness (QED) is 0.372. The first-order chi connectivity index (χ1) is 14.2. The van der Waals surface area contributed by atoms with Crippen molar-refractivity contribution >= 4 is 22.7 Å². The van der Waals surface area contributed by atoms with E-state index in [2.05, 4.69) is 9.72 Å². The number of benzene rings is 3. The first-order valence-electron chi connectivity index (χ1n) is 9.51. The summed E-state index contributed by atoms with van der Waals surface area (Å²) in [7, 11) is 1.23. The lowest BCUT2D eigenvalue weighted by atomic mass is 9.84. The van der Waals surface area contributed by atoms with Gasteiger partial charge in [-0.25, -0.2) is 4.79 Å². The second-order valence-electron chi connectivity index (χ2n) is 6.91. The third-order valence-electron chi connectivity index (χ3n) is 5.16. The molecular formula is C25H21NO3. The largest absolute Gasteiger partial charge is 0.463 e. The predicted octanol–water partition coefficient (Wildman–Crippen LogP) is 5.10. The van der Waals surface area contributed by atoms with Gasteiger partial charge in [0.2, 0.25) is 5.78 Å². The Labute approximate surface area is 169 Å². The zero-order chi connectivity index (χ0) is 20.2. The third kappa shape index (κ3) is 3.69. The van der Waals surface area contributed by atoms with Crippen LogP contribution in [0.1, 0.15) is 23.5 Å². The van der Waals surface area contributed by atoms with Crippen molar-refractivity contribution in [3.8, 4) is 11.3 Å². The lowest BCUT2D eigenvalue weighted by molar-refractivity contribution is -0.151. The molecule has 0 saturated carbocycles. The topological polar surface area (TPSA) is 59.2 Å². The molecule has 29 heavy (non-hydrogen) atoms. The summed E-state index contributed by atoms with van der Waals surface area (Å²) in [5, 5.41) is 1.04. The van der Waals surface area contributed by atoms with Gasteiger partial charge in [0, 0.05) is 23.2 Å². The highest BCUT2D eigenvalue weighted by molar-refractivity contribution is 6.33. The smallest absolute Gasteiger partial charge is 0.374 e. The van der Waals surface area contributed by atoms with Gasteiger partial charge < -0.3 is 9.72 Å². The number of hydrogen-bond acceptors (Lipinski definition) is 3. The van der Waals surface area contributed by atoms with E-state index in [9.17, 15) is 9.59 Å². The molecule has 1 atom stereocenters. The summed E-state index contributed by atoms with van der Waals surface area (Å²) in [5.41, 5.74) is 4.97. The molecule has 0 radical (unpaired) electrons. The van der Waals surface area contributed by atoms with Crippen LogP contribution in [0, 0.1) is 0 Å². The number of methoxy groups -OCH3 is 1. The van der Waals surface area contributed by atoms with Gasteiger partial charge in [0.25, 0.3) is 0 Å². The van der Waals surface area contributed by atoms with Crippen LogP contribution in [0.3, 0.4) is 0 Å². The summed E-state index contributed by atoms with van der Waals surface area (Å²) in [5.74, 6) is -1.63. The molecule has 0 fully saturated rings. The van der Waals surface area contributed by atoms with E-state index in [0.717, 1.165) is 33.3 Å². The van der Waals surface area contributed by atoms with E-state index in [1.807, 2.05) is 84.9 Å². The number of fused-ring (bicyclic) bond motifs is 1. The van der Waals surface area contributed by atoms with Crippen molar-refractivity contribution in [3.05, 3.63) is 96.1 Å². The van der Waals surface area contributed by atoms with Crippen molar-refractivity contribution in [3.63, 3.8) is 0 Å². The van der Waals surface area contributed by atoms with Crippen LogP contribution in [0.15, 0.2) is 84.9 Å². The highest BCUT2D eigenvalue weighted by Gasteiger charge is 2.28. The van der Waals surface area contributed by atoms with Gasteiger partial charge in [0.1, 0.15) is 0 Å². The fourth-order valence-corrected chi connectivity index (χ4v) is 3.81. The Hall–Kier alpha value is -3.66. The van der Waals surface area contributed by atoms with Crippen LogP contribution in [0.4, 0.5) is 0 Å². The maximum absolute atomic E-state index is 12.6. The molecule has 4 aromatic rings. The van der Waals surface area contributed by atoms with Gasteiger partial charge in [-0.3, -0.25) is 4.79 Å². The van der Waals surface area contributed by atoms with Gasteiger partial charge >= 0.3 is 5.97 Å². The second-order valence-corrected chi connectivity index (χ2v) is 6.91. The molecule has 0 aliphatic rings. The molecular weight excluding hydrogens is 362 g/mol. The summed E-state index contributed by atoms with van der Waals surface area (Å²) < 4.78 is 4.67. The van der Waals surface area contributed by atoms with Crippen molar-refractivity contribution in [2.75, 3.05) is 7.11 Å². The van der Waals surface area contributed by atoms with Crippen LogP contribution >= 0.6 is 0 Å². The number of ketones is 1. The van der Waals surface area contributed by atoms with Gasteiger partial charge in [-0.15, -0.1) is 0 Å². The standard InChI is InChI=1S/C25H21NO3/c1-29-25(28)22(27)16-20(17-10-4-2-5-11-17)23-19-14-8-9-15-21(19)26-24(23)18-12-6-3-7-13-18/h2-15,20,26H,16H2,1H3. The van der Waals surface area contributed by atoms with Crippen LogP contribution in [0.5, 0.6) is 0 Å². The van der Waals surface area contributed by atoms with Gasteiger partial charge in [-0.1, -0.05) is 78.9 Å². The maximum atomic E-state index is 12.6. The number of carbonyl (C=O) groups excluding carboxylic acids is 2. The van der Waals surface area contributed by atoms with Gasteiger partial charge in [-0.05, 0) is 22.8 Å². The first-order valence-corrected chi connectivity index (χ1v) is 9.51. The SMILES string of the molecule is COC(=O)C(=O)CC(c1ccccc1)c1c(-c2ccccc2)[nH]c2ccccc12. The van der Waals surface area contributed by atoms with Crippen molar-refractivity contribution in [2.24, 2.45) is 0 Å². The summed E-state index contributed by atoms with van der Waals surface area (Å²) in [6.45, 7) is 0. The third-order valence-corrected chi connectivity index (χ3v) is 5.16. The summed E-state index contributed by atoms with van der Waals surface area (Å²) in [6, 6.07) is 27.9. The average molecular weight is 383 g/mol. The fourth-order valence-electron chi connectivity index (χ4n) is 3.81. The Balaban J connectivity index is 1.94. The van der Waals surface area contributed by atoms with Crippen molar-refractivity contribution in [1.82, 2.24) is 4.98 Å². The molecule has 4 heteroatoms. The summed E-state index contributed by atoms with van der Waals surface area (Å²) >= 11 is 0. The highest BCUT2D eigenvalue weighted by atomic mass is 16.5. The number of nitrogens with one attached hydrogen (secondary N) is 1. The number of aromatic amines is 1. The number of rotatable bonds is 6. The molecule has 3 aromatic carbocycles. The average Bonchev–Trinajstić information content (AvgIpc) is 3.17. The molecule has 4 nitrogen and oxygen atoms in total. The monoisotopic (exact) mass is 383 g/mol. The first kappa shape index (κ1) is 18.7. The Morgan fingerprint density at radius 1 is 0.862 bits per heavy atom. The summed E-state index contributed by atoms with van der Waals surface area (Å²) in [4.78, 5) is 28.0. The summed E-state index contributed by atoms with van der Waals surface area (Å²) in [6.07, 6.45) is 0.0400. The number of Topliss-reactive ketones (excluding diaryl/α,β-unsaturated/α-hetero) is 1. The number of ether oxygens (including phenoxy) is 1. The lowest BCUT2D eigenvalue weighted by Gasteiger charge is -2.18.